The number of hydrogen-bond donors (Lipinski definition) is 2. The van der Waals surface area contributed by atoms with E-state index in [0.717, 1.165) is 19.3 Å². The summed E-state index contributed by atoms with van der Waals surface area (Å²) in [6.45, 7) is 2.28. The Hall–Kier alpha value is -1.47. The summed E-state index contributed by atoms with van der Waals surface area (Å²) in [5, 5.41) is 11.6. The predicted molar refractivity (Wildman–Crippen MR) is 75.6 cm³/mol. The van der Waals surface area contributed by atoms with Crippen LogP contribution in [-0.2, 0) is 4.79 Å². The molecular weight excluding hydrogens is 278 g/mol. The Morgan fingerprint density at radius 3 is 2.85 bits per heavy atom. The number of hydrogen-bond acceptors (Lipinski definition) is 5. The van der Waals surface area contributed by atoms with Gasteiger partial charge >= 0.3 is 5.97 Å². The van der Waals surface area contributed by atoms with Crippen LogP contribution in [0.3, 0.4) is 0 Å². The number of aliphatic carboxylic acids is 1. The number of amides is 1. The van der Waals surface area contributed by atoms with Crippen molar-refractivity contribution in [3.63, 3.8) is 0 Å². The first kappa shape index (κ1) is 14.9. The van der Waals surface area contributed by atoms with Crippen molar-refractivity contribution >= 4 is 23.2 Å². The van der Waals surface area contributed by atoms with Crippen LogP contribution in [0.15, 0.2) is 5.38 Å². The SMILES string of the molecule is CC(N)c1nc(C(=O)N2CCCCCC2C(=O)O)cs1. The molecule has 0 saturated carbocycles. The zero-order valence-electron chi connectivity index (χ0n) is 11.4. The first-order valence-corrected chi connectivity index (χ1v) is 7.63. The van der Waals surface area contributed by atoms with Crippen molar-refractivity contribution in [2.75, 3.05) is 6.54 Å². The molecule has 1 aromatic rings. The minimum Gasteiger partial charge on any atom is -0.480 e. The van der Waals surface area contributed by atoms with Gasteiger partial charge in [-0.25, -0.2) is 9.78 Å². The number of carboxylic acid groups (broad SMARTS) is 1. The fourth-order valence-corrected chi connectivity index (χ4v) is 3.10. The van der Waals surface area contributed by atoms with Crippen molar-refractivity contribution in [2.24, 2.45) is 5.73 Å². The van der Waals surface area contributed by atoms with E-state index >= 15 is 0 Å². The van der Waals surface area contributed by atoms with E-state index in [0.29, 0.717) is 23.7 Å². The zero-order valence-corrected chi connectivity index (χ0v) is 12.2. The highest BCUT2D eigenvalue weighted by Gasteiger charge is 2.32. The molecule has 0 aliphatic carbocycles. The lowest BCUT2D eigenvalue weighted by molar-refractivity contribution is -0.142. The zero-order chi connectivity index (χ0) is 14.7. The lowest BCUT2D eigenvalue weighted by Gasteiger charge is -2.26. The molecule has 2 rings (SSSR count). The topological polar surface area (TPSA) is 96.5 Å². The van der Waals surface area contributed by atoms with Crippen molar-refractivity contribution in [1.29, 1.82) is 0 Å². The van der Waals surface area contributed by atoms with Crippen molar-refractivity contribution < 1.29 is 14.7 Å². The van der Waals surface area contributed by atoms with Gasteiger partial charge in [-0.2, -0.15) is 0 Å². The molecule has 1 aliphatic rings. The average Bonchev–Trinajstić information content (AvgIpc) is 2.76. The van der Waals surface area contributed by atoms with E-state index < -0.39 is 12.0 Å². The Balaban J connectivity index is 2.21. The summed E-state index contributed by atoms with van der Waals surface area (Å²) < 4.78 is 0. The molecule has 1 fully saturated rings. The van der Waals surface area contributed by atoms with Gasteiger partial charge in [-0.05, 0) is 19.8 Å². The van der Waals surface area contributed by atoms with Crippen LogP contribution in [0.4, 0.5) is 0 Å². The van der Waals surface area contributed by atoms with Crippen molar-refractivity contribution in [3.05, 3.63) is 16.1 Å². The minimum absolute atomic E-state index is 0.221. The van der Waals surface area contributed by atoms with Gasteiger partial charge in [-0.15, -0.1) is 11.3 Å². The van der Waals surface area contributed by atoms with Gasteiger partial charge in [0.15, 0.2) is 0 Å². The van der Waals surface area contributed by atoms with E-state index in [-0.39, 0.29) is 11.9 Å². The van der Waals surface area contributed by atoms with Crippen molar-refractivity contribution in [1.82, 2.24) is 9.88 Å². The normalized spacial score (nSPS) is 21.3. The minimum atomic E-state index is -0.942. The van der Waals surface area contributed by atoms with E-state index in [1.54, 1.807) is 12.3 Å². The molecule has 2 unspecified atom stereocenters. The van der Waals surface area contributed by atoms with Gasteiger partial charge in [0.2, 0.25) is 0 Å². The van der Waals surface area contributed by atoms with Crippen molar-refractivity contribution in [3.8, 4) is 0 Å². The Morgan fingerprint density at radius 1 is 1.50 bits per heavy atom. The van der Waals surface area contributed by atoms with Gasteiger partial charge in [0.1, 0.15) is 16.7 Å². The average molecular weight is 297 g/mol. The monoisotopic (exact) mass is 297 g/mol. The number of carboxylic acids is 1. The smallest absolute Gasteiger partial charge is 0.326 e. The summed E-state index contributed by atoms with van der Waals surface area (Å²) in [4.78, 5) is 29.5. The van der Waals surface area contributed by atoms with Crippen LogP contribution in [0.1, 0.15) is 54.1 Å². The van der Waals surface area contributed by atoms with Gasteiger partial charge in [0, 0.05) is 11.9 Å². The van der Waals surface area contributed by atoms with Crippen LogP contribution in [0.5, 0.6) is 0 Å². The molecule has 0 radical (unpaired) electrons. The third-order valence-electron chi connectivity index (χ3n) is 3.43. The fourth-order valence-electron chi connectivity index (χ4n) is 2.35. The largest absolute Gasteiger partial charge is 0.480 e. The molecule has 0 aromatic carbocycles. The summed E-state index contributed by atoms with van der Waals surface area (Å²) in [5.41, 5.74) is 6.04. The Morgan fingerprint density at radius 2 is 2.25 bits per heavy atom. The second-order valence-electron chi connectivity index (χ2n) is 5.06. The molecule has 0 bridgehead atoms. The molecule has 20 heavy (non-hydrogen) atoms. The summed E-state index contributed by atoms with van der Waals surface area (Å²) in [5.74, 6) is -1.25. The highest BCUT2D eigenvalue weighted by Crippen LogP contribution is 2.22. The fraction of sp³-hybridized carbons (Fsp3) is 0.615. The molecule has 0 spiro atoms. The third-order valence-corrected chi connectivity index (χ3v) is 4.47. The van der Waals surface area contributed by atoms with E-state index in [4.69, 9.17) is 5.73 Å². The second kappa shape index (κ2) is 6.32. The van der Waals surface area contributed by atoms with Crippen LogP contribution in [0.2, 0.25) is 0 Å². The molecule has 2 atom stereocenters. The lowest BCUT2D eigenvalue weighted by atomic mass is 10.1. The second-order valence-corrected chi connectivity index (χ2v) is 5.95. The van der Waals surface area contributed by atoms with Crippen LogP contribution < -0.4 is 5.73 Å². The summed E-state index contributed by atoms with van der Waals surface area (Å²) in [6, 6.07) is -0.966. The molecule has 7 heteroatoms. The summed E-state index contributed by atoms with van der Waals surface area (Å²) in [7, 11) is 0. The maximum absolute atomic E-state index is 12.5. The Bertz CT molecular complexity index is 501. The van der Waals surface area contributed by atoms with Gasteiger partial charge in [-0.3, -0.25) is 4.79 Å². The molecule has 3 N–H and O–H groups in total. The van der Waals surface area contributed by atoms with Crippen LogP contribution in [0.25, 0.3) is 0 Å². The predicted octanol–water partition coefficient (Wildman–Crippen LogP) is 1.63. The first-order chi connectivity index (χ1) is 9.50. The molecular formula is C13H19N3O3S. The van der Waals surface area contributed by atoms with E-state index in [1.165, 1.54) is 16.2 Å². The molecule has 1 saturated heterocycles. The molecule has 6 nitrogen and oxygen atoms in total. The number of nitrogens with zero attached hydrogens (tertiary/aromatic N) is 2. The number of carbonyl (C=O) groups excluding carboxylic acids is 1. The van der Waals surface area contributed by atoms with Gasteiger partial charge in [-0.1, -0.05) is 12.8 Å². The van der Waals surface area contributed by atoms with Crippen LogP contribution in [0, 0.1) is 0 Å². The number of aromatic nitrogens is 1. The first-order valence-electron chi connectivity index (χ1n) is 6.75. The summed E-state index contributed by atoms with van der Waals surface area (Å²) >= 11 is 1.33. The number of carbonyl (C=O) groups is 2. The summed E-state index contributed by atoms with van der Waals surface area (Å²) in [6.07, 6.45) is 3.13. The maximum Gasteiger partial charge on any atom is 0.326 e. The number of rotatable bonds is 3. The molecule has 110 valence electrons. The van der Waals surface area contributed by atoms with Crippen LogP contribution in [-0.4, -0.2) is 39.5 Å². The quantitative estimate of drug-likeness (QED) is 0.884. The highest BCUT2D eigenvalue weighted by molar-refractivity contribution is 7.09. The van der Waals surface area contributed by atoms with Gasteiger partial charge < -0.3 is 15.7 Å². The number of likely N-dealkylation sites (tertiary alicyclic amines) is 1. The van der Waals surface area contributed by atoms with E-state index in [2.05, 4.69) is 4.98 Å². The van der Waals surface area contributed by atoms with Crippen molar-refractivity contribution in [2.45, 2.75) is 44.7 Å². The van der Waals surface area contributed by atoms with Gasteiger partial charge in [0.05, 0.1) is 6.04 Å². The number of thiazole rings is 1. The standard InChI is InChI=1S/C13H19N3O3S/c1-8(14)11-15-9(7-20-11)12(17)16-6-4-2-3-5-10(16)13(18)19/h7-8,10H,2-6,14H2,1H3,(H,18,19). The lowest BCUT2D eigenvalue weighted by Crippen LogP contribution is -2.44. The molecule has 1 aliphatic heterocycles. The van der Waals surface area contributed by atoms with E-state index in [1.807, 2.05) is 0 Å². The maximum atomic E-state index is 12.5. The van der Waals surface area contributed by atoms with Gasteiger partial charge in [0.25, 0.3) is 5.91 Å². The Kier molecular flexibility index (Phi) is 4.72. The van der Waals surface area contributed by atoms with Crippen LogP contribution >= 0.6 is 11.3 Å². The molecule has 1 amide bonds. The van der Waals surface area contributed by atoms with E-state index in [9.17, 15) is 14.7 Å². The molecule has 1 aromatic heterocycles. The third kappa shape index (κ3) is 3.16. The molecule has 2 heterocycles. The number of nitrogens with two attached hydrogens (primary N) is 1. The Labute approximate surface area is 121 Å². The highest BCUT2D eigenvalue weighted by atomic mass is 32.1.